The van der Waals surface area contributed by atoms with Gasteiger partial charge in [0.2, 0.25) is 0 Å². The van der Waals surface area contributed by atoms with Crippen LogP contribution in [0.1, 0.15) is 36.2 Å². The fraction of sp³-hybridized carbons (Fsp3) is 0.304. The van der Waals surface area contributed by atoms with Crippen LogP contribution in [0.25, 0.3) is 0 Å². The molecule has 176 valence electrons. The largest absolute Gasteiger partial charge is 0.495 e. The molecule has 3 rings (SSSR count). The Labute approximate surface area is 204 Å². The number of halogens is 1. The second-order valence-electron chi connectivity index (χ2n) is 7.32. The Morgan fingerprint density at radius 2 is 1.94 bits per heavy atom. The van der Waals surface area contributed by atoms with E-state index in [4.69, 9.17) is 10.5 Å². The number of anilines is 2. The third kappa shape index (κ3) is 6.89. The van der Waals surface area contributed by atoms with Gasteiger partial charge in [-0.3, -0.25) is 9.10 Å². The maximum absolute atomic E-state index is 13.8. The lowest BCUT2D eigenvalue weighted by Crippen LogP contribution is -2.27. The highest BCUT2D eigenvalue weighted by Crippen LogP contribution is 2.31. The van der Waals surface area contributed by atoms with E-state index in [-0.39, 0.29) is 5.91 Å². The molecule has 4 N–H and O–H groups in total. The molecule has 1 atom stereocenters. The first-order valence-electron chi connectivity index (χ1n) is 10.7. The Morgan fingerprint density at radius 1 is 1.18 bits per heavy atom. The summed E-state index contributed by atoms with van der Waals surface area (Å²) in [5, 5.41) is 2.81. The monoisotopic (exact) mass is 533 g/mol. The van der Waals surface area contributed by atoms with Gasteiger partial charge in [0, 0.05) is 22.4 Å². The number of methoxy groups -OCH3 is 1. The molecule has 1 heterocycles. The number of benzene rings is 2. The van der Waals surface area contributed by atoms with E-state index >= 15 is 0 Å². The minimum absolute atomic E-state index is 0.334. The number of hydrogen-bond acceptors (Lipinski definition) is 5. The number of aromatic amines is 1. The van der Waals surface area contributed by atoms with Crippen LogP contribution in [0, 0.1) is 0 Å². The molecule has 0 fully saturated rings. The van der Waals surface area contributed by atoms with Crippen LogP contribution in [-0.2, 0) is 11.0 Å². The summed E-state index contributed by atoms with van der Waals surface area (Å²) in [6, 6.07) is 12.8. The van der Waals surface area contributed by atoms with Crippen molar-refractivity contribution in [2.45, 2.75) is 30.6 Å². The number of nitrogens with zero attached hydrogens (tertiary/aromatic N) is 2. The van der Waals surface area contributed by atoms with Gasteiger partial charge < -0.3 is 20.8 Å². The van der Waals surface area contributed by atoms with Crippen molar-refractivity contribution >= 4 is 44.2 Å². The van der Waals surface area contributed by atoms with E-state index in [2.05, 4.69) is 31.2 Å². The second-order valence-corrected chi connectivity index (χ2v) is 9.61. The lowest BCUT2D eigenvalue weighted by Gasteiger charge is -2.25. The standard InChI is InChI=1S/C23H28BrN5O3S/c1-32-21-11-8-18(28-23(30)20-15-26-16-27-20)14-22(21)33(31)29(13-5-3-2-4-12-25)19-9-6-17(24)7-10-19/h6-11,14-16H,2-5,12-13,25H2,1H3,(H,26,27)(H,28,30). The topological polar surface area (TPSA) is 113 Å². The summed E-state index contributed by atoms with van der Waals surface area (Å²) in [5.74, 6) is 0.150. The molecule has 0 spiro atoms. The van der Waals surface area contributed by atoms with Crippen LogP contribution in [0.4, 0.5) is 11.4 Å². The average Bonchev–Trinajstić information content (AvgIpc) is 3.37. The van der Waals surface area contributed by atoms with Gasteiger partial charge in [-0.1, -0.05) is 28.8 Å². The molecule has 1 unspecified atom stereocenters. The first-order chi connectivity index (χ1) is 16.0. The lowest BCUT2D eigenvalue weighted by molar-refractivity contribution is 0.102. The van der Waals surface area contributed by atoms with Gasteiger partial charge in [0.1, 0.15) is 16.3 Å². The van der Waals surface area contributed by atoms with Crippen LogP contribution in [-0.4, -0.2) is 40.3 Å². The minimum Gasteiger partial charge on any atom is -0.495 e. The average molecular weight is 534 g/mol. The third-order valence-electron chi connectivity index (χ3n) is 4.98. The maximum atomic E-state index is 13.8. The predicted molar refractivity (Wildman–Crippen MR) is 135 cm³/mol. The highest BCUT2D eigenvalue weighted by Gasteiger charge is 2.21. The quantitative estimate of drug-likeness (QED) is 0.297. The Kier molecular flexibility index (Phi) is 9.47. The van der Waals surface area contributed by atoms with Crippen LogP contribution >= 0.6 is 15.9 Å². The molecule has 0 aliphatic rings. The molecule has 0 aliphatic heterocycles. The van der Waals surface area contributed by atoms with E-state index < -0.39 is 11.0 Å². The highest BCUT2D eigenvalue weighted by atomic mass is 79.9. The molecule has 2 aromatic carbocycles. The number of carbonyl (C=O) groups is 1. The number of H-pyrrole nitrogens is 1. The van der Waals surface area contributed by atoms with E-state index in [0.717, 1.165) is 35.8 Å². The predicted octanol–water partition coefficient (Wildman–Crippen LogP) is 4.48. The molecule has 0 saturated heterocycles. The van der Waals surface area contributed by atoms with Gasteiger partial charge in [-0.25, -0.2) is 9.19 Å². The molecule has 0 saturated carbocycles. The molecule has 1 aromatic heterocycles. The van der Waals surface area contributed by atoms with Gasteiger partial charge in [-0.15, -0.1) is 0 Å². The van der Waals surface area contributed by atoms with Gasteiger partial charge in [-0.05, 0) is 61.9 Å². The molecule has 33 heavy (non-hydrogen) atoms. The van der Waals surface area contributed by atoms with Crippen molar-refractivity contribution in [3.63, 3.8) is 0 Å². The number of carbonyl (C=O) groups excluding carboxylic acids is 1. The third-order valence-corrected chi connectivity index (χ3v) is 7.00. The normalized spacial score (nSPS) is 11.7. The Hall–Kier alpha value is -2.69. The van der Waals surface area contributed by atoms with Crippen molar-refractivity contribution in [2.24, 2.45) is 5.73 Å². The fourth-order valence-electron chi connectivity index (χ4n) is 3.26. The highest BCUT2D eigenvalue weighted by molar-refractivity contribution is 9.10. The van der Waals surface area contributed by atoms with Crippen LogP contribution in [0.2, 0.25) is 0 Å². The van der Waals surface area contributed by atoms with Crippen LogP contribution < -0.4 is 20.1 Å². The van der Waals surface area contributed by atoms with Crippen molar-refractivity contribution in [1.82, 2.24) is 9.97 Å². The van der Waals surface area contributed by atoms with Crippen molar-refractivity contribution in [3.8, 4) is 5.75 Å². The summed E-state index contributed by atoms with van der Waals surface area (Å²) in [7, 11) is -0.0250. The van der Waals surface area contributed by atoms with E-state index in [0.29, 0.717) is 35.1 Å². The van der Waals surface area contributed by atoms with Crippen molar-refractivity contribution in [1.29, 1.82) is 0 Å². The fourth-order valence-corrected chi connectivity index (χ4v) is 4.92. The van der Waals surface area contributed by atoms with Gasteiger partial charge in [0.05, 0.1) is 19.6 Å². The number of unbranched alkanes of at least 4 members (excludes halogenated alkanes) is 3. The molecule has 0 bridgehead atoms. The van der Waals surface area contributed by atoms with Gasteiger partial charge >= 0.3 is 0 Å². The van der Waals surface area contributed by atoms with Gasteiger partial charge in [0.25, 0.3) is 5.91 Å². The molecule has 10 heteroatoms. The number of nitrogens with two attached hydrogens (primary N) is 1. The maximum Gasteiger partial charge on any atom is 0.273 e. The number of amides is 1. The zero-order valence-corrected chi connectivity index (χ0v) is 20.8. The smallest absolute Gasteiger partial charge is 0.273 e. The number of hydrogen-bond donors (Lipinski definition) is 3. The molecule has 8 nitrogen and oxygen atoms in total. The number of rotatable bonds is 12. The van der Waals surface area contributed by atoms with E-state index in [1.54, 1.807) is 18.2 Å². The SMILES string of the molecule is COc1ccc(NC(=O)c2cnc[nH]2)cc1S(=O)N(CCCCCCN)c1ccc(Br)cc1. The van der Waals surface area contributed by atoms with Crippen LogP contribution in [0.15, 0.2) is 64.4 Å². The molecule has 1 amide bonds. The van der Waals surface area contributed by atoms with Crippen LogP contribution in [0.3, 0.4) is 0 Å². The molecular weight excluding hydrogens is 506 g/mol. The van der Waals surface area contributed by atoms with Crippen molar-refractivity contribution in [2.75, 3.05) is 29.8 Å². The summed E-state index contributed by atoms with van der Waals surface area (Å²) < 4.78 is 22.1. The van der Waals surface area contributed by atoms with Gasteiger partial charge in [0.15, 0.2) is 11.0 Å². The minimum atomic E-state index is -1.56. The number of imidazole rings is 1. The first kappa shape index (κ1) is 24.9. The summed E-state index contributed by atoms with van der Waals surface area (Å²) in [5.41, 5.74) is 7.28. The summed E-state index contributed by atoms with van der Waals surface area (Å²) >= 11 is 3.46. The summed E-state index contributed by atoms with van der Waals surface area (Å²) in [6.45, 7) is 1.28. The Balaban J connectivity index is 1.86. The van der Waals surface area contributed by atoms with E-state index in [1.165, 1.54) is 19.6 Å². The molecule has 0 radical (unpaired) electrons. The Bertz CT molecular complexity index is 1060. The summed E-state index contributed by atoms with van der Waals surface area (Å²) in [4.78, 5) is 19.5. The van der Waals surface area contributed by atoms with Crippen LogP contribution in [0.5, 0.6) is 5.75 Å². The summed E-state index contributed by atoms with van der Waals surface area (Å²) in [6.07, 6.45) is 6.77. The molecule has 0 aliphatic carbocycles. The van der Waals surface area contributed by atoms with Crippen molar-refractivity contribution < 1.29 is 13.7 Å². The second kappa shape index (κ2) is 12.5. The number of ether oxygens (including phenoxy) is 1. The zero-order chi connectivity index (χ0) is 23.6. The number of aromatic nitrogens is 2. The Morgan fingerprint density at radius 3 is 2.61 bits per heavy atom. The van der Waals surface area contributed by atoms with E-state index in [9.17, 15) is 9.00 Å². The molecule has 3 aromatic rings. The van der Waals surface area contributed by atoms with E-state index in [1.807, 2.05) is 28.6 Å². The zero-order valence-electron chi connectivity index (χ0n) is 18.4. The first-order valence-corrected chi connectivity index (χ1v) is 12.6. The lowest BCUT2D eigenvalue weighted by atomic mass is 10.2. The van der Waals surface area contributed by atoms with Crippen molar-refractivity contribution in [3.05, 3.63) is 65.2 Å². The molecular formula is C23H28BrN5O3S. The van der Waals surface area contributed by atoms with Gasteiger partial charge in [-0.2, -0.15) is 0 Å². The number of nitrogens with one attached hydrogen (secondary N) is 2.